The van der Waals surface area contributed by atoms with Crippen LogP contribution in [0.2, 0.25) is 0 Å². The summed E-state index contributed by atoms with van der Waals surface area (Å²) in [4.78, 5) is 13.3. The van der Waals surface area contributed by atoms with Crippen molar-refractivity contribution in [3.8, 4) is 11.8 Å². The van der Waals surface area contributed by atoms with Crippen LogP contribution in [0.3, 0.4) is 0 Å². The van der Waals surface area contributed by atoms with E-state index >= 15 is 0 Å². The zero-order valence-electron chi connectivity index (χ0n) is 20.2. The van der Waals surface area contributed by atoms with Gasteiger partial charge in [0.2, 0.25) is 0 Å². The fourth-order valence-corrected chi connectivity index (χ4v) is 4.63. The average molecular weight is 500 g/mol. The quantitative estimate of drug-likeness (QED) is 0.426. The van der Waals surface area contributed by atoms with Gasteiger partial charge in [-0.25, -0.2) is 0 Å². The largest absolute Gasteiger partial charge is 0.573 e. The molecule has 4 rings (SSSR count). The number of nitrogens with zero attached hydrogens (tertiary/aromatic N) is 2. The number of nitriles is 1. The lowest BCUT2D eigenvalue weighted by atomic mass is 9.86. The Balaban J connectivity index is 1.60. The number of rotatable bonds is 8. The molecular weight excluding hydrogens is 471 g/mol. The average Bonchev–Trinajstić information content (AvgIpc) is 3.44. The van der Waals surface area contributed by atoms with Gasteiger partial charge in [-0.3, -0.25) is 4.79 Å². The van der Waals surface area contributed by atoms with Gasteiger partial charge in [0, 0.05) is 30.6 Å². The van der Waals surface area contributed by atoms with Crippen LogP contribution in [0.4, 0.5) is 13.2 Å². The van der Waals surface area contributed by atoms with Crippen LogP contribution in [0.1, 0.15) is 54.7 Å². The van der Waals surface area contributed by atoms with Gasteiger partial charge in [0.15, 0.2) is 0 Å². The van der Waals surface area contributed by atoms with Crippen molar-refractivity contribution in [3.05, 3.63) is 65.4 Å². The topological polar surface area (TPSA) is 76.3 Å². The highest BCUT2D eigenvalue weighted by molar-refractivity contribution is 5.99. The van der Waals surface area contributed by atoms with Crippen LogP contribution < -0.4 is 10.1 Å². The van der Waals surface area contributed by atoms with Crippen molar-refractivity contribution in [3.63, 3.8) is 0 Å². The fraction of sp³-hybridized carbons (Fsp3) is 0.407. The number of hydrogen-bond acceptors (Lipinski definition) is 4. The molecule has 9 heteroatoms. The second-order valence-electron chi connectivity index (χ2n) is 9.88. The molecule has 2 heterocycles. The Labute approximate surface area is 207 Å². The Kier molecular flexibility index (Phi) is 7.27. The summed E-state index contributed by atoms with van der Waals surface area (Å²) in [5.41, 5.74) is 1.85. The number of benzene rings is 2. The molecule has 0 aliphatic carbocycles. The molecule has 1 saturated heterocycles. The molecule has 0 bridgehead atoms. The van der Waals surface area contributed by atoms with Gasteiger partial charge in [-0.15, -0.1) is 13.2 Å². The van der Waals surface area contributed by atoms with Crippen LogP contribution >= 0.6 is 0 Å². The number of aromatic nitrogens is 1. The number of fused-ring (bicyclic) bond motifs is 1. The van der Waals surface area contributed by atoms with E-state index in [0.29, 0.717) is 34.3 Å². The van der Waals surface area contributed by atoms with E-state index < -0.39 is 6.36 Å². The van der Waals surface area contributed by atoms with Crippen molar-refractivity contribution >= 4 is 16.8 Å². The molecule has 1 aliphatic rings. The molecule has 190 valence electrons. The first kappa shape index (κ1) is 25.6. The SMILES string of the molecule is CC(C)(CNC(=O)c1cc2cc(C#N)ccc2n1Cc1cccc(OC(F)(F)F)c1)CC1CCCO1. The first-order valence-electron chi connectivity index (χ1n) is 11.8. The van der Waals surface area contributed by atoms with Crippen LogP contribution in [0.15, 0.2) is 48.5 Å². The predicted octanol–water partition coefficient (Wildman–Crippen LogP) is 5.78. The van der Waals surface area contributed by atoms with Gasteiger partial charge in [0.25, 0.3) is 5.91 Å². The Morgan fingerprint density at radius 1 is 1.22 bits per heavy atom. The van der Waals surface area contributed by atoms with E-state index in [0.717, 1.165) is 25.9 Å². The number of nitrogens with one attached hydrogen (secondary N) is 1. The Morgan fingerprint density at radius 3 is 2.72 bits per heavy atom. The van der Waals surface area contributed by atoms with Crippen LogP contribution in [0, 0.1) is 16.7 Å². The maximum atomic E-state index is 13.3. The van der Waals surface area contributed by atoms with Crippen molar-refractivity contribution < 1.29 is 27.4 Å². The van der Waals surface area contributed by atoms with Crippen molar-refractivity contribution in [2.45, 2.75) is 52.1 Å². The second kappa shape index (κ2) is 10.2. The lowest BCUT2D eigenvalue weighted by Crippen LogP contribution is -2.36. The normalized spacial score (nSPS) is 16.2. The summed E-state index contributed by atoms with van der Waals surface area (Å²) in [6.45, 7) is 5.51. The van der Waals surface area contributed by atoms with Crippen LogP contribution in [0.5, 0.6) is 5.75 Å². The van der Waals surface area contributed by atoms with E-state index in [-0.39, 0.29) is 29.7 Å². The molecule has 1 aromatic heterocycles. The zero-order valence-corrected chi connectivity index (χ0v) is 20.2. The third kappa shape index (κ3) is 6.38. The molecule has 1 N–H and O–H groups in total. The molecule has 3 aromatic rings. The van der Waals surface area contributed by atoms with Crippen molar-refractivity contribution in [2.75, 3.05) is 13.2 Å². The van der Waals surface area contributed by atoms with E-state index in [9.17, 15) is 23.2 Å². The molecule has 1 aliphatic heterocycles. The van der Waals surface area contributed by atoms with Gasteiger partial charge < -0.3 is 19.4 Å². The Bertz CT molecular complexity index is 1280. The Hall–Kier alpha value is -3.51. The van der Waals surface area contributed by atoms with E-state index in [2.05, 4.69) is 30.0 Å². The molecule has 1 amide bonds. The van der Waals surface area contributed by atoms with Crippen molar-refractivity contribution in [1.82, 2.24) is 9.88 Å². The molecule has 0 spiro atoms. The summed E-state index contributed by atoms with van der Waals surface area (Å²) >= 11 is 0. The highest BCUT2D eigenvalue weighted by atomic mass is 19.4. The number of ether oxygens (including phenoxy) is 2. The lowest BCUT2D eigenvalue weighted by molar-refractivity contribution is -0.274. The summed E-state index contributed by atoms with van der Waals surface area (Å²) < 4.78 is 49.6. The summed E-state index contributed by atoms with van der Waals surface area (Å²) in [6.07, 6.45) is -1.71. The predicted molar refractivity (Wildman–Crippen MR) is 129 cm³/mol. The molecule has 0 saturated carbocycles. The monoisotopic (exact) mass is 499 g/mol. The van der Waals surface area contributed by atoms with Gasteiger partial charge in [-0.2, -0.15) is 5.26 Å². The molecule has 1 atom stereocenters. The minimum atomic E-state index is -4.80. The standard InChI is InChI=1S/C27H28F3N3O3/c1-26(2,14-22-7-4-10-35-22)17-32-25(34)24-13-20-11-18(15-31)8-9-23(20)33(24)16-19-5-3-6-21(12-19)36-27(28,29)30/h3,5-6,8-9,11-13,22H,4,7,10,14,16-17H2,1-2H3,(H,32,34). The molecule has 36 heavy (non-hydrogen) atoms. The molecular formula is C27H28F3N3O3. The molecule has 6 nitrogen and oxygen atoms in total. The summed E-state index contributed by atoms with van der Waals surface area (Å²) in [7, 11) is 0. The number of alkyl halides is 3. The number of amides is 1. The van der Waals surface area contributed by atoms with E-state index in [4.69, 9.17) is 4.74 Å². The van der Waals surface area contributed by atoms with E-state index in [1.54, 1.807) is 34.9 Å². The van der Waals surface area contributed by atoms with Crippen LogP contribution in [-0.2, 0) is 11.3 Å². The van der Waals surface area contributed by atoms with E-state index in [1.165, 1.54) is 18.2 Å². The van der Waals surface area contributed by atoms with Gasteiger partial charge in [0.05, 0.1) is 17.7 Å². The van der Waals surface area contributed by atoms with Gasteiger partial charge in [0.1, 0.15) is 11.4 Å². The smallest absolute Gasteiger partial charge is 0.406 e. The maximum absolute atomic E-state index is 13.3. The van der Waals surface area contributed by atoms with Crippen molar-refractivity contribution in [2.24, 2.45) is 5.41 Å². The maximum Gasteiger partial charge on any atom is 0.573 e. The van der Waals surface area contributed by atoms with Gasteiger partial charge >= 0.3 is 6.36 Å². The number of hydrogen-bond donors (Lipinski definition) is 1. The number of carbonyl (C=O) groups is 1. The highest BCUT2D eigenvalue weighted by Gasteiger charge is 2.31. The fourth-order valence-electron chi connectivity index (χ4n) is 4.63. The van der Waals surface area contributed by atoms with Gasteiger partial charge in [-0.05, 0) is 66.6 Å². The van der Waals surface area contributed by atoms with E-state index in [1.807, 2.05) is 0 Å². The van der Waals surface area contributed by atoms with Gasteiger partial charge in [-0.1, -0.05) is 26.0 Å². The number of carbonyl (C=O) groups excluding carboxylic acids is 1. The lowest BCUT2D eigenvalue weighted by Gasteiger charge is -2.28. The molecule has 1 fully saturated rings. The minimum absolute atomic E-state index is 0.145. The molecule has 0 radical (unpaired) electrons. The van der Waals surface area contributed by atoms with Crippen LogP contribution in [0.25, 0.3) is 10.9 Å². The third-order valence-electron chi connectivity index (χ3n) is 6.27. The molecule has 2 aromatic carbocycles. The summed E-state index contributed by atoms with van der Waals surface area (Å²) in [6, 6.07) is 14.5. The summed E-state index contributed by atoms with van der Waals surface area (Å²) in [5.74, 6) is -0.627. The number of halogens is 3. The molecule has 1 unspecified atom stereocenters. The summed E-state index contributed by atoms with van der Waals surface area (Å²) in [5, 5.41) is 13.0. The highest BCUT2D eigenvalue weighted by Crippen LogP contribution is 2.29. The third-order valence-corrected chi connectivity index (χ3v) is 6.27. The van der Waals surface area contributed by atoms with Crippen molar-refractivity contribution in [1.29, 1.82) is 5.26 Å². The second-order valence-corrected chi connectivity index (χ2v) is 9.88. The minimum Gasteiger partial charge on any atom is -0.406 e. The first-order valence-corrected chi connectivity index (χ1v) is 11.8. The zero-order chi connectivity index (χ0) is 25.9. The Morgan fingerprint density at radius 2 is 2.03 bits per heavy atom. The van der Waals surface area contributed by atoms with Crippen LogP contribution in [-0.4, -0.2) is 36.1 Å². The first-order chi connectivity index (χ1) is 17.0.